The molecule has 0 saturated heterocycles. The minimum Gasteiger partial charge on any atom is -0.384 e. The fraction of sp³-hybridized carbons (Fsp3) is 0.429. The molecular weight excluding hydrogens is 270 g/mol. The standard InChI is InChI=1S/C14H19N5O2/c1-4-5-15-12-6-9(2)16-7-11(12)14(20)17-8-13-18-10(3)21-19-13/h6-7H,4-5,8H2,1-3H3,(H,15,16)(H,17,20). The number of aromatic nitrogens is 3. The molecule has 2 aromatic rings. The van der Waals surface area contributed by atoms with E-state index in [2.05, 4.69) is 32.7 Å². The van der Waals surface area contributed by atoms with Crippen LogP contribution in [0.5, 0.6) is 0 Å². The van der Waals surface area contributed by atoms with Gasteiger partial charge in [-0.05, 0) is 19.4 Å². The summed E-state index contributed by atoms with van der Waals surface area (Å²) in [6.45, 7) is 6.68. The molecule has 0 aliphatic rings. The summed E-state index contributed by atoms with van der Waals surface area (Å²) >= 11 is 0. The highest BCUT2D eigenvalue weighted by Crippen LogP contribution is 2.15. The molecular formula is C14H19N5O2. The highest BCUT2D eigenvalue weighted by Gasteiger charge is 2.13. The lowest BCUT2D eigenvalue weighted by molar-refractivity contribution is 0.0950. The third-order valence-electron chi connectivity index (χ3n) is 2.83. The Morgan fingerprint density at radius 2 is 2.19 bits per heavy atom. The SMILES string of the molecule is CCCNc1cc(C)ncc1C(=O)NCc1noc(C)n1. The minimum absolute atomic E-state index is 0.219. The lowest BCUT2D eigenvalue weighted by Gasteiger charge is -2.11. The van der Waals surface area contributed by atoms with Gasteiger partial charge in [0, 0.05) is 25.4 Å². The van der Waals surface area contributed by atoms with Gasteiger partial charge in [0.1, 0.15) is 0 Å². The van der Waals surface area contributed by atoms with Crippen LogP contribution in [-0.4, -0.2) is 27.6 Å². The van der Waals surface area contributed by atoms with E-state index >= 15 is 0 Å². The topological polar surface area (TPSA) is 92.9 Å². The van der Waals surface area contributed by atoms with Crippen molar-refractivity contribution in [1.29, 1.82) is 0 Å². The van der Waals surface area contributed by atoms with Crippen LogP contribution in [0.3, 0.4) is 0 Å². The molecule has 2 rings (SSSR count). The summed E-state index contributed by atoms with van der Waals surface area (Å²) in [5.41, 5.74) is 2.15. The summed E-state index contributed by atoms with van der Waals surface area (Å²) in [4.78, 5) is 20.5. The molecule has 0 aliphatic carbocycles. The highest BCUT2D eigenvalue weighted by molar-refractivity contribution is 5.99. The summed E-state index contributed by atoms with van der Waals surface area (Å²) in [5.74, 6) is 0.703. The maximum absolute atomic E-state index is 12.2. The number of carbonyl (C=O) groups is 1. The van der Waals surface area contributed by atoms with E-state index in [1.807, 2.05) is 13.0 Å². The first-order valence-corrected chi connectivity index (χ1v) is 6.88. The molecule has 1 amide bonds. The molecule has 0 spiro atoms. The Hall–Kier alpha value is -2.44. The van der Waals surface area contributed by atoms with E-state index in [0.717, 1.165) is 24.3 Å². The number of aryl methyl sites for hydroxylation is 2. The van der Waals surface area contributed by atoms with E-state index < -0.39 is 0 Å². The van der Waals surface area contributed by atoms with Gasteiger partial charge in [0.05, 0.1) is 17.8 Å². The molecule has 0 saturated carbocycles. The molecule has 2 heterocycles. The van der Waals surface area contributed by atoms with Crippen molar-refractivity contribution >= 4 is 11.6 Å². The fourth-order valence-corrected chi connectivity index (χ4v) is 1.81. The van der Waals surface area contributed by atoms with Crippen molar-refractivity contribution in [2.75, 3.05) is 11.9 Å². The zero-order chi connectivity index (χ0) is 15.2. The minimum atomic E-state index is -0.219. The predicted molar refractivity (Wildman–Crippen MR) is 78.0 cm³/mol. The van der Waals surface area contributed by atoms with E-state index in [4.69, 9.17) is 4.52 Å². The van der Waals surface area contributed by atoms with Crippen molar-refractivity contribution in [1.82, 2.24) is 20.4 Å². The van der Waals surface area contributed by atoms with Gasteiger partial charge in [-0.25, -0.2) is 0 Å². The van der Waals surface area contributed by atoms with Crippen molar-refractivity contribution in [3.05, 3.63) is 35.2 Å². The van der Waals surface area contributed by atoms with Crippen LogP contribution in [0, 0.1) is 13.8 Å². The van der Waals surface area contributed by atoms with E-state index in [0.29, 0.717) is 17.3 Å². The van der Waals surface area contributed by atoms with Crippen molar-refractivity contribution in [3.8, 4) is 0 Å². The number of rotatable bonds is 6. The summed E-state index contributed by atoms with van der Waals surface area (Å²) in [6.07, 6.45) is 2.55. The molecule has 0 unspecified atom stereocenters. The molecule has 2 N–H and O–H groups in total. The highest BCUT2D eigenvalue weighted by atomic mass is 16.5. The van der Waals surface area contributed by atoms with Gasteiger partial charge >= 0.3 is 0 Å². The Morgan fingerprint density at radius 3 is 2.86 bits per heavy atom. The second-order valence-electron chi connectivity index (χ2n) is 4.71. The first kappa shape index (κ1) is 15.0. The summed E-state index contributed by atoms with van der Waals surface area (Å²) in [5, 5.41) is 9.73. The summed E-state index contributed by atoms with van der Waals surface area (Å²) in [7, 11) is 0. The molecule has 7 nitrogen and oxygen atoms in total. The third kappa shape index (κ3) is 4.01. The smallest absolute Gasteiger partial charge is 0.255 e. The second kappa shape index (κ2) is 6.83. The Kier molecular flexibility index (Phi) is 4.86. The number of carbonyl (C=O) groups excluding carboxylic acids is 1. The number of hydrogen-bond donors (Lipinski definition) is 2. The average molecular weight is 289 g/mol. The molecule has 2 aromatic heterocycles. The van der Waals surface area contributed by atoms with Crippen molar-refractivity contribution in [3.63, 3.8) is 0 Å². The zero-order valence-electron chi connectivity index (χ0n) is 12.4. The van der Waals surface area contributed by atoms with Crippen LogP contribution in [0.1, 0.15) is 41.1 Å². The number of hydrogen-bond acceptors (Lipinski definition) is 6. The third-order valence-corrected chi connectivity index (χ3v) is 2.83. The van der Waals surface area contributed by atoms with Crippen LogP contribution < -0.4 is 10.6 Å². The molecule has 0 atom stereocenters. The average Bonchev–Trinajstić information content (AvgIpc) is 2.88. The molecule has 0 aliphatic heterocycles. The first-order chi connectivity index (χ1) is 10.1. The van der Waals surface area contributed by atoms with Gasteiger partial charge in [0.25, 0.3) is 5.91 Å². The predicted octanol–water partition coefficient (Wildman–Crippen LogP) is 1.83. The fourth-order valence-electron chi connectivity index (χ4n) is 1.81. The van der Waals surface area contributed by atoms with E-state index in [-0.39, 0.29) is 12.5 Å². The molecule has 0 fully saturated rings. The monoisotopic (exact) mass is 289 g/mol. The maximum atomic E-state index is 12.2. The Bertz CT molecular complexity index is 624. The van der Waals surface area contributed by atoms with Gasteiger partial charge in [-0.3, -0.25) is 9.78 Å². The number of anilines is 1. The van der Waals surface area contributed by atoms with Crippen LogP contribution in [-0.2, 0) is 6.54 Å². The first-order valence-electron chi connectivity index (χ1n) is 6.88. The Balaban J connectivity index is 2.07. The van der Waals surface area contributed by atoms with Crippen molar-refractivity contribution < 1.29 is 9.32 Å². The van der Waals surface area contributed by atoms with Crippen LogP contribution in [0.15, 0.2) is 16.8 Å². The van der Waals surface area contributed by atoms with Crippen molar-refractivity contribution in [2.24, 2.45) is 0 Å². The van der Waals surface area contributed by atoms with Gasteiger partial charge in [-0.1, -0.05) is 12.1 Å². The number of nitrogens with zero attached hydrogens (tertiary/aromatic N) is 3. The summed E-state index contributed by atoms with van der Waals surface area (Å²) in [6, 6.07) is 1.86. The number of nitrogens with one attached hydrogen (secondary N) is 2. The van der Waals surface area contributed by atoms with Gasteiger partial charge in [0.15, 0.2) is 5.82 Å². The molecule has 0 aromatic carbocycles. The van der Waals surface area contributed by atoms with Gasteiger partial charge in [0.2, 0.25) is 5.89 Å². The maximum Gasteiger partial charge on any atom is 0.255 e. The second-order valence-corrected chi connectivity index (χ2v) is 4.71. The van der Waals surface area contributed by atoms with E-state index in [9.17, 15) is 4.79 Å². The zero-order valence-corrected chi connectivity index (χ0v) is 12.4. The van der Waals surface area contributed by atoms with Gasteiger partial charge in [-0.2, -0.15) is 4.98 Å². The van der Waals surface area contributed by atoms with Gasteiger partial charge < -0.3 is 15.2 Å². The molecule has 0 radical (unpaired) electrons. The Morgan fingerprint density at radius 1 is 1.38 bits per heavy atom. The Labute approximate surface area is 123 Å². The number of pyridine rings is 1. The molecule has 112 valence electrons. The van der Waals surface area contributed by atoms with Crippen LogP contribution in [0.4, 0.5) is 5.69 Å². The lowest BCUT2D eigenvalue weighted by atomic mass is 10.2. The van der Waals surface area contributed by atoms with E-state index in [1.165, 1.54) is 0 Å². The van der Waals surface area contributed by atoms with E-state index in [1.54, 1.807) is 13.1 Å². The lowest BCUT2D eigenvalue weighted by Crippen LogP contribution is -2.25. The van der Waals surface area contributed by atoms with Crippen molar-refractivity contribution in [2.45, 2.75) is 33.7 Å². The molecule has 21 heavy (non-hydrogen) atoms. The summed E-state index contributed by atoms with van der Waals surface area (Å²) < 4.78 is 4.86. The molecule has 7 heteroatoms. The molecule has 0 bridgehead atoms. The largest absolute Gasteiger partial charge is 0.384 e. The van der Waals surface area contributed by atoms with Crippen LogP contribution in [0.25, 0.3) is 0 Å². The van der Waals surface area contributed by atoms with Crippen LogP contribution >= 0.6 is 0 Å². The quantitative estimate of drug-likeness (QED) is 0.842. The normalized spacial score (nSPS) is 10.4. The van der Waals surface area contributed by atoms with Crippen LogP contribution in [0.2, 0.25) is 0 Å². The number of amides is 1. The van der Waals surface area contributed by atoms with Gasteiger partial charge in [-0.15, -0.1) is 0 Å².